The minimum absolute atomic E-state index is 0.0281. The Bertz CT molecular complexity index is 686. The number of amides is 1. The SMILES string of the molecule is COC1CCC(CCNC(=O)n2cc(F)c(=O)[nH]c2=O)CC1OC. The van der Waals surface area contributed by atoms with E-state index in [0.717, 1.165) is 19.3 Å². The van der Waals surface area contributed by atoms with Gasteiger partial charge in [-0.25, -0.2) is 14.2 Å². The first-order valence-electron chi connectivity index (χ1n) is 7.81. The fourth-order valence-corrected chi connectivity index (χ4v) is 3.03. The molecule has 1 heterocycles. The average Bonchev–Trinajstić information content (AvgIpc) is 2.57. The number of methoxy groups -OCH3 is 2. The summed E-state index contributed by atoms with van der Waals surface area (Å²) >= 11 is 0. The van der Waals surface area contributed by atoms with Crippen LogP contribution in [0.25, 0.3) is 0 Å². The van der Waals surface area contributed by atoms with E-state index in [1.807, 2.05) is 0 Å². The summed E-state index contributed by atoms with van der Waals surface area (Å²) in [5.74, 6) is -0.823. The van der Waals surface area contributed by atoms with Crippen LogP contribution in [-0.4, -0.2) is 48.6 Å². The van der Waals surface area contributed by atoms with E-state index in [9.17, 15) is 18.8 Å². The highest BCUT2D eigenvalue weighted by molar-refractivity contribution is 5.76. The highest BCUT2D eigenvalue weighted by Crippen LogP contribution is 2.29. The van der Waals surface area contributed by atoms with E-state index in [1.165, 1.54) is 0 Å². The van der Waals surface area contributed by atoms with Crippen LogP contribution in [0.15, 0.2) is 15.8 Å². The maximum Gasteiger partial charge on any atom is 0.336 e. The zero-order valence-electron chi connectivity index (χ0n) is 13.7. The Labute approximate surface area is 138 Å². The number of halogens is 1. The van der Waals surface area contributed by atoms with Crippen molar-refractivity contribution in [1.29, 1.82) is 0 Å². The third kappa shape index (κ3) is 4.30. The number of carbonyl (C=O) groups is 1. The molecule has 0 bridgehead atoms. The predicted octanol–water partition coefficient (Wildman–Crippen LogP) is 0.454. The summed E-state index contributed by atoms with van der Waals surface area (Å²) in [7, 11) is 3.32. The highest BCUT2D eigenvalue weighted by Gasteiger charge is 2.30. The molecule has 1 saturated carbocycles. The van der Waals surface area contributed by atoms with Gasteiger partial charge in [0, 0.05) is 20.8 Å². The van der Waals surface area contributed by atoms with Crippen LogP contribution in [0.4, 0.5) is 9.18 Å². The fraction of sp³-hybridized carbons (Fsp3) is 0.667. The van der Waals surface area contributed by atoms with E-state index in [1.54, 1.807) is 19.2 Å². The predicted molar refractivity (Wildman–Crippen MR) is 83.6 cm³/mol. The molecule has 2 rings (SSSR count). The Morgan fingerprint density at radius 3 is 2.71 bits per heavy atom. The number of nitrogens with one attached hydrogen (secondary N) is 2. The maximum atomic E-state index is 13.2. The second kappa shape index (κ2) is 8.20. The van der Waals surface area contributed by atoms with Crippen LogP contribution < -0.4 is 16.6 Å². The first-order valence-corrected chi connectivity index (χ1v) is 7.81. The minimum Gasteiger partial charge on any atom is -0.379 e. The third-order valence-electron chi connectivity index (χ3n) is 4.39. The van der Waals surface area contributed by atoms with Crippen molar-refractivity contribution in [3.05, 3.63) is 32.9 Å². The molecule has 1 aromatic rings. The van der Waals surface area contributed by atoms with E-state index < -0.39 is 23.1 Å². The molecule has 1 aliphatic rings. The molecule has 0 radical (unpaired) electrons. The molecule has 9 heteroatoms. The third-order valence-corrected chi connectivity index (χ3v) is 4.39. The lowest BCUT2D eigenvalue weighted by Crippen LogP contribution is -2.42. The van der Waals surface area contributed by atoms with Crippen LogP contribution in [0.1, 0.15) is 25.7 Å². The normalized spacial score (nSPS) is 23.9. The fourth-order valence-electron chi connectivity index (χ4n) is 3.03. The summed E-state index contributed by atoms with van der Waals surface area (Å²) in [4.78, 5) is 36.1. The molecule has 0 spiro atoms. The minimum atomic E-state index is -1.19. The van der Waals surface area contributed by atoms with Gasteiger partial charge in [0.2, 0.25) is 5.82 Å². The maximum absolute atomic E-state index is 13.2. The second-order valence-corrected chi connectivity index (χ2v) is 5.85. The van der Waals surface area contributed by atoms with Crippen LogP contribution in [0, 0.1) is 11.7 Å². The summed E-state index contributed by atoms with van der Waals surface area (Å²) in [6, 6.07) is -0.774. The molecular weight excluding hydrogens is 321 g/mol. The molecule has 1 amide bonds. The van der Waals surface area contributed by atoms with Gasteiger partial charge < -0.3 is 14.8 Å². The summed E-state index contributed by atoms with van der Waals surface area (Å²) in [5, 5.41) is 2.56. The molecule has 2 N–H and O–H groups in total. The van der Waals surface area contributed by atoms with Crippen LogP contribution in [0.3, 0.4) is 0 Å². The Balaban J connectivity index is 1.86. The standard InChI is InChI=1S/C15H22FN3O5/c1-23-11-4-3-9(7-12(11)24-2)5-6-17-14(21)19-8-10(16)13(20)18-15(19)22/h8-9,11-12H,3-7H2,1-2H3,(H,17,21)(H,18,20,22). The molecule has 134 valence electrons. The molecule has 1 fully saturated rings. The molecule has 3 unspecified atom stereocenters. The van der Waals surface area contributed by atoms with Crippen LogP contribution in [-0.2, 0) is 9.47 Å². The Kier molecular flexibility index (Phi) is 6.27. The lowest BCUT2D eigenvalue weighted by atomic mass is 9.83. The van der Waals surface area contributed by atoms with Gasteiger partial charge in [-0.1, -0.05) is 0 Å². The number of H-pyrrole nitrogens is 1. The highest BCUT2D eigenvalue weighted by atomic mass is 19.1. The number of carbonyl (C=O) groups excluding carboxylic acids is 1. The quantitative estimate of drug-likeness (QED) is 0.808. The Morgan fingerprint density at radius 2 is 2.04 bits per heavy atom. The van der Waals surface area contributed by atoms with E-state index in [-0.39, 0.29) is 12.2 Å². The van der Waals surface area contributed by atoms with Crippen molar-refractivity contribution < 1.29 is 18.7 Å². The van der Waals surface area contributed by atoms with Crippen molar-refractivity contribution in [2.45, 2.75) is 37.9 Å². The van der Waals surface area contributed by atoms with Gasteiger partial charge in [-0.2, -0.15) is 4.39 Å². The van der Waals surface area contributed by atoms with Crippen molar-refractivity contribution in [2.24, 2.45) is 5.92 Å². The first kappa shape index (κ1) is 18.3. The molecular formula is C15H22FN3O5. The lowest BCUT2D eigenvalue weighted by Gasteiger charge is -2.34. The number of nitrogens with zero attached hydrogens (tertiary/aromatic N) is 1. The molecule has 24 heavy (non-hydrogen) atoms. The van der Waals surface area contributed by atoms with Gasteiger partial charge in [-0.3, -0.25) is 9.78 Å². The van der Waals surface area contributed by atoms with E-state index >= 15 is 0 Å². The zero-order chi connectivity index (χ0) is 17.7. The van der Waals surface area contributed by atoms with E-state index in [4.69, 9.17) is 9.47 Å². The van der Waals surface area contributed by atoms with E-state index in [0.29, 0.717) is 29.6 Å². The number of hydrogen-bond acceptors (Lipinski definition) is 5. The average molecular weight is 343 g/mol. The Hall–Kier alpha value is -2.00. The van der Waals surface area contributed by atoms with Crippen LogP contribution >= 0.6 is 0 Å². The first-order chi connectivity index (χ1) is 11.5. The Morgan fingerprint density at radius 1 is 1.33 bits per heavy atom. The van der Waals surface area contributed by atoms with Gasteiger partial charge in [0.15, 0.2) is 0 Å². The van der Waals surface area contributed by atoms with Gasteiger partial charge in [-0.05, 0) is 31.6 Å². The van der Waals surface area contributed by atoms with Crippen LogP contribution in [0.2, 0.25) is 0 Å². The van der Waals surface area contributed by atoms with Gasteiger partial charge in [0.1, 0.15) is 0 Å². The summed E-state index contributed by atoms with van der Waals surface area (Å²) in [6.45, 7) is 0.338. The lowest BCUT2D eigenvalue weighted by molar-refractivity contribution is -0.0709. The topological polar surface area (TPSA) is 102 Å². The zero-order valence-corrected chi connectivity index (χ0v) is 13.7. The molecule has 0 aromatic carbocycles. The van der Waals surface area contributed by atoms with Crippen molar-refractivity contribution in [1.82, 2.24) is 14.9 Å². The molecule has 0 aliphatic heterocycles. The van der Waals surface area contributed by atoms with Crippen molar-refractivity contribution >= 4 is 6.03 Å². The number of aromatic amines is 1. The largest absolute Gasteiger partial charge is 0.379 e. The summed E-state index contributed by atoms with van der Waals surface area (Å²) in [5.41, 5.74) is -2.12. The summed E-state index contributed by atoms with van der Waals surface area (Å²) in [6.07, 6.45) is 4.09. The monoisotopic (exact) mass is 343 g/mol. The van der Waals surface area contributed by atoms with Crippen molar-refractivity contribution in [3.8, 4) is 0 Å². The number of aromatic nitrogens is 2. The van der Waals surface area contributed by atoms with Gasteiger partial charge in [-0.15, -0.1) is 0 Å². The van der Waals surface area contributed by atoms with Crippen LogP contribution in [0.5, 0.6) is 0 Å². The van der Waals surface area contributed by atoms with Gasteiger partial charge in [0.05, 0.1) is 18.4 Å². The second-order valence-electron chi connectivity index (χ2n) is 5.85. The summed E-state index contributed by atoms with van der Waals surface area (Å²) < 4.78 is 24.5. The molecule has 1 aliphatic carbocycles. The number of rotatable bonds is 5. The smallest absolute Gasteiger partial charge is 0.336 e. The van der Waals surface area contributed by atoms with Gasteiger partial charge >= 0.3 is 11.7 Å². The van der Waals surface area contributed by atoms with Crippen molar-refractivity contribution in [3.63, 3.8) is 0 Å². The van der Waals surface area contributed by atoms with Gasteiger partial charge in [0.25, 0.3) is 5.56 Å². The molecule has 8 nitrogen and oxygen atoms in total. The number of ether oxygens (including phenoxy) is 2. The molecule has 0 saturated heterocycles. The molecule has 1 aromatic heterocycles. The number of hydrogen-bond donors (Lipinski definition) is 2. The van der Waals surface area contributed by atoms with Crippen molar-refractivity contribution in [2.75, 3.05) is 20.8 Å². The molecule has 3 atom stereocenters. The van der Waals surface area contributed by atoms with E-state index in [2.05, 4.69) is 5.32 Å².